The third-order valence-electron chi connectivity index (χ3n) is 4.87. The molecule has 0 amide bonds. The van der Waals surface area contributed by atoms with Gasteiger partial charge in [0.15, 0.2) is 11.6 Å². The second-order valence-corrected chi connectivity index (χ2v) is 6.69. The molecule has 0 aliphatic carbocycles. The summed E-state index contributed by atoms with van der Waals surface area (Å²) in [5.74, 6) is 2.95. The average molecular weight is 378 g/mol. The van der Waals surface area contributed by atoms with Crippen molar-refractivity contribution in [2.24, 2.45) is 4.99 Å². The summed E-state index contributed by atoms with van der Waals surface area (Å²) in [7, 11) is 0. The predicted molar refractivity (Wildman–Crippen MR) is 111 cm³/mol. The maximum Gasteiger partial charge on any atom is 0.194 e. The molecular formula is C20H26N8. The quantitative estimate of drug-likeness (QED) is 0.535. The number of hydrogen-bond acceptors (Lipinski definition) is 5. The largest absolute Gasteiger partial charge is 0.357 e. The van der Waals surface area contributed by atoms with Crippen molar-refractivity contribution in [3.8, 4) is 0 Å². The van der Waals surface area contributed by atoms with E-state index in [9.17, 15) is 0 Å². The van der Waals surface area contributed by atoms with Crippen molar-refractivity contribution in [1.82, 2.24) is 29.8 Å². The monoisotopic (exact) mass is 378 g/mol. The highest BCUT2D eigenvalue weighted by Crippen LogP contribution is 2.12. The highest BCUT2D eigenvalue weighted by Gasteiger charge is 2.20. The zero-order valence-corrected chi connectivity index (χ0v) is 16.2. The maximum absolute atomic E-state index is 4.83. The fourth-order valence-corrected chi connectivity index (χ4v) is 3.44. The van der Waals surface area contributed by atoms with E-state index in [4.69, 9.17) is 4.99 Å². The molecule has 28 heavy (non-hydrogen) atoms. The predicted octanol–water partition coefficient (Wildman–Crippen LogP) is 1.45. The first-order valence-corrected chi connectivity index (χ1v) is 9.83. The number of hydrogen-bond donors (Lipinski definition) is 1. The Kier molecular flexibility index (Phi) is 5.65. The van der Waals surface area contributed by atoms with Gasteiger partial charge in [-0.2, -0.15) is 0 Å². The molecule has 0 aromatic carbocycles. The number of rotatable bonds is 5. The van der Waals surface area contributed by atoms with Crippen molar-refractivity contribution in [3.05, 3.63) is 54.6 Å². The fraction of sp³-hybridized carbons (Fsp3) is 0.400. The standard InChI is InChI=1S/C20H26N8/c1-2-21-20(23-11-9-19-25-24-18-8-4-6-12-28(18)19)27-15-13-26(14-16-27)17-7-3-5-10-22-17/h3-8,10,12H,2,9,11,13-16H2,1H3,(H,21,23). The van der Waals surface area contributed by atoms with E-state index >= 15 is 0 Å². The zero-order valence-electron chi connectivity index (χ0n) is 16.2. The minimum absolute atomic E-state index is 0.679. The summed E-state index contributed by atoms with van der Waals surface area (Å²) >= 11 is 0. The Labute approximate surface area is 164 Å². The molecule has 1 N–H and O–H groups in total. The molecule has 0 radical (unpaired) electrons. The van der Waals surface area contributed by atoms with Crippen LogP contribution >= 0.6 is 0 Å². The van der Waals surface area contributed by atoms with Gasteiger partial charge < -0.3 is 15.1 Å². The molecule has 8 heteroatoms. The molecule has 1 saturated heterocycles. The van der Waals surface area contributed by atoms with E-state index in [0.29, 0.717) is 6.54 Å². The van der Waals surface area contributed by atoms with Gasteiger partial charge in [0, 0.05) is 58.1 Å². The topological polar surface area (TPSA) is 74.0 Å². The molecule has 3 aromatic heterocycles. The van der Waals surface area contributed by atoms with Crippen LogP contribution in [0.2, 0.25) is 0 Å². The first-order valence-electron chi connectivity index (χ1n) is 9.83. The lowest BCUT2D eigenvalue weighted by atomic mass is 10.3. The number of piperazine rings is 1. The summed E-state index contributed by atoms with van der Waals surface area (Å²) in [5, 5.41) is 11.9. The van der Waals surface area contributed by atoms with Crippen LogP contribution in [0, 0.1) is 0 Å². The summed E-state index contributed by atoms with van der Waals surface area (Å²) in [4.78, 5) is 13.9. The van der Waals surface area contributed by atoms with E-state index in [1.165, 1.54) is 0 Å². The van der Waals surface area contributed by atoms with E-state index in [-0.39, 0.29) is 0 Å². The van der Waals surface area contributed by atoms with Gasteiger partial charge in [-0.3, -0.25) is 9.39 Å². The van der Waals surface area contributed by atoms with Gasteiger partial charge in [-0.25, -0.2) is 4.98 Å². The van der Waals surface area contributed by atoms with E-state index in [1.807, 2.05) is 47.1 Å². The molecule has 146 valence electrons. The average Bonchev–Trinajstić information content (AvgIpc) is 3.17. The van der Waals surface area contributed by atoms with Crippen LogP contribution in [-0.2, 0) is 6.42 Å². The summed E-state index contributed by atoms with van der Waals surface area (Å²) in [5.41, 5.74) is 0.874. The molecule has 8 nitrogen and oxygen atoms in total. The van der Waals surface area contributed by atoms with Gasteiger partial charge >= 0.3 is 0 Å². The number of aromatic nitrogens is 4. The maximum atomic E-state index is 4.83. The molecule has 0 unspecified atom stereocenters. The van der Waals surface area contributed by atoms with Crippen molar-refractivity contribution in [1.29, 1.82) is 0 Å². The Morgan fingerprint density at radius 3 is 2.71 bits per heavy atom. The Balaban J connectivity index is 1.37. The van der Waals surface area contributed by atoms with Crippen LogP contribution in [0.15, 0.2) is 53.8 Å². The lowest BCUT2D eigenvalue weighted by molar-refractivity contribution is 0.371. The lowest BCUT2D eigenvalue weighted by Crippen LogP contribution is -2.52. The summed E-state index contributed by atoms with van der Waals surface area (Å²) in [6.45, 7) is 7.37. The van der Waals surface area contributed by atoms with Gasteiger partial charge in [0.25, 0.3) is 0 Å². The molecule has 3 aromatic rings. The van der Waals surface area contributed by atoms with Crippen molar-refractivity contribution in [2.75, 3.05) is 44.2 Å². The van der Waals surface area contributed by atoms with Gasteiger partial charge in [0.05, 0.1) is 0 Å². The molecule has 4 heterocycles. The number of guanidine groups is 1. The zero-order chi connectivity index (χ0) is 19.2. The molecule has 0 saturated carbocycles. The first-order chi connectivity index (χ1) is 13.8. The summed E-state index contributed by atoms with van der Waals surface area (Å²) < 4.78 is 2.02. The Morgan fingerprint density at radius 1 is 1.07 bits per heavy atom. The number of nitrogens with zero attached hydrogens (tertiary/aromatic N) is 7. The highest BCUT2D eigenvalue weighted by molar-refractivity contribution is 5.80. The van der Waals surface area contributed by atoms with Gasteiger partial charge in [0.2, 0.25) is 0 Å². The van der Waals surface area contributed by atoms with E-state index in [0.717, 1.165) is 62.4 Å². The first kappa shape index (κ1) is 18.2. The van der Waals surface area contributed by atoms with Gasteiger partial charge in [-0.05, 0) is 31.2 Å². The smallest absolute Gasteiger partial charge is 0.194 e. The molecular weight excluding hydrogens is 352 g/mol. The molecule has 0 bridgehead atoms. The summed E-state index contributed by atoms with van der Waals surface area (Å²) in [6.07, 6.45) is 4.60. The minimum Gasteiger partial charge on any atom is -0.357 e. The third kappa shape index (κ3) is 4.05. The molecule has 0 spiro atoms. The lowest BCUT2D eigenvalue weighted by Gasteiger charge is -2.37. The van der Waals surface area contributed by atoms with Crippen LogP contribution in [0.25, 0.3) is 5.65 Å². The Bertz CT molecular complexity index is 912. The second-order valence-electron chi connectivity index (χ2n) is 6.69. The van der Waals surface area contributed by atoms with Crippen molar-refractivity contribution in [2.45, 2.75) is 13.3 Å². The number of fused-ring (bicyclic) bond motifs is 1. The molecule has 0 atom stereocenters. The number of aliphatic imine (C=N–C) groups is 1. The van der Waals surface area contributed by atoms with Crippen LogP contribution in [-0.4, -0.2) is 69.7 Å². The van der Waals surface area contributed by atoms with Crippen LogP contribution in [0.5, 0.6) is 0 Å². The van der Waals surface area contributed by atoms with Crippen molar-refractivity contribution in [3.63, 3.8) is 0 Å². The molecule has 1 aliphatic heterocycles. The number of nitrogens with one attached hydrogen (secondary N) is 1. The van der Waals surface area contributed by atoms with Crippen LogP contribution in [0.1, 0.15) is 12.7 Å². The summed E-state index contributed by atoms with van der Waals surface area (Å²) in [6, 6.07) is 12.0. The molecule has 4 rings (SSSR count). The second kappa shape index (κ2) is 8.69. The van der Waals surface area contributed by atoms with Gasteiger partial charge in [0.1, 0.15) is 11.6 Å². The fourth-order valence-electron chi connectivity index (χ4n) is 3.44. The van der Waals surface area contributed by atoms with E-state index in [2.05, 4.69) is 43.3 Å². The van der Waals surface area contributed by atoms with Crippen LogP contribution < -0.4 is 10.2 Å². The van der Waals surface area contributed by atoms with Crippen molar-refractivity contribution >= 4 is 17.4 Å². The molecule has 1 aliphatic rings. The number of anilines is 1. The number of pyridine rings is 2. The highest BCUT2D eigenvalue weighted by atomic mass is 15.4. The van der Waals surface area contributed by atoms with Crippen LogP contribution in [0.4, 0.5) is 5.82 Å². The molecule has 1 fully saturated rings. The normalized spacial score (nSPS) is 15.2. The van der Waals surface area contributed by atoms with Crippen LogP contribution in [0.3, 0.4) is 0 Å². The van der Waals surface area contributed by atoms with E-state index < -0.39 is 0 Å². The third-order valence-corrected chi connectivity index (χ3v) is 4.87. The van der Waals surface area contributed by atoms with Gasteiger partial charge in [-0.1, -0.05) is 12.1 Å². The van der Waals surface area contributed by atoms with Gasteiger partial charge in [-0.15, -0.1) is 10.2 Å². The van der Waals surface area contributed by atoms with E-state index in [1.54, 1.807) is 0 Å². The Morgan fingerprint density at radius 2 is 1.93 bits per heavy atom. The SMILES string of the molecule is CCNC(=NCCc1nnc2ccccn12)N1CCN(c2ccccn2)CC1. The minimum atomic E-state index is 0.679. The van der Waals surface area contributed by atoms with Crippen molar-refractivity contribution < 1.29 is 0 Å². The Hall–Kier alpha value is -3.16.